The van der Waals surface area contributed by atoms with Crippen molar-refractivity contribution >= 4 is 17.3 Å². The third-order valence-electron chi connectivity index (χ3n) is 3.25. The minimum Gasteiger partial charge on any atom is -0.392 e. The second-order valence-corrected chi connectivity index (χ2v) is 4.39. The molecule has 0 spiro atoms. The Morgan fingerprint density at radius 1 is 1.58 bits per heavy atom. The number of nitrogens with one attached hydrogen (secondary N) is 1. The molecule has 1 atom stereocenters. The summed E-state index contributed by atoms with van der Waals surface area (Å²) in [6.07, 6.45) is 0. The Balaban J connectivity index is 2.38. The summed E-state index contributed by atoms with van der Waals surface area (Å²) in [6.45, 7) is 2.58. The molecule has 1 unspecified atom stereocenters. The highest BCUT2D eigenvalue weighted by molar-refractivity contribution is 5.86. The summed E-state index contributed by atoms with van der Waals surface area (Å²) in [5, 5.41) is 22.8. The van der Waals surface area contributed by atoms with Crippen LogP contribution in [-0.4, -0.2) is 35.1 Å². The van der Waals surface area contributed by atoms with Crippen molar-refractivity contribution in [2.75, 3.05) is 18.0 Å². The molecule has 7 nitrogen and oxygen atoms in total. The van der Waals surface area contributed by atoms with Gasteiger partial charge in [-0.2, -0.15) is 0 Å². The first-order valence-electron chi connectivity index (χ1n) is 5.97. The minimum atomic E-state index is -0.505. The van der Waals surface area contributed by atoms with Crippen LogP contribution in [0.2, 0.25) is 0 Å². The highest BCUT2D eigenvalue weighted by Crippen LogP contribution is 2.27. The number of piperazine rings is 1. The van der Waals surface area contributed by atoms with E-state index in [0.29, 0.717) is 24.3 Å². The molecule has 2 N–H and O–H groups in total. The summed E-state index contributed by atoms with van der Waals surface area (Å²) >= 11 is 0. The van der Waals surface area contributed by atoms with Crippen LogP contribution in [0.25, 0.3) is 0 Å². The van der Waals surface area contributed by atoms with Crippen molar-refractivity contribution in [1.29, 1.82) is 0 Å². The molecule has 1 amide bonds. The first kappa shape index (κ1) is 13.3. The van der Waals surface area contributed by atoms with Gasteiger partial charge in [-0.3, -0.25) is 14.9 Å². The fraction of sp³-hybridized carbons (Fsp3) is 0.417. The van der Waals surface area contributed by atoms with E-state index >= 15 is 0 Å². The monoisotopic (exact) mass is 265 g/mol. The van der Waals surface area contributed by atoms with Crippen LogP contribution >= 0.6 is 0 Å². The zero-order valence-corrected chi connectivity index (χ0v) is 10.5. The lowest BCUT2D eigenvalue weighted by molar-refractivity contribution is -0.384. The van der Waals surface area contributed by atoms with Gasteiger partial charge in [0.05, 0.1) is 11.5 Å². The molecule has 1 aromatic rings. The Labute approximate surface area is 110 Å². The molecule has 1 heterocycles. The SMILES string of the molecule is CC1C(=O)NCCN1c1ccc([N+](=O)[O-])cc1CO. The van der Waals surface area contributed by atoms with Gasteiger partial charge >= 0.3 is 0 Å². The van der Waals surface area contributed by atoms with Gasteiger partial charge in [-0.25, -0.2) is 0 Å². The van der Waals surface area contributed by atoms with Crippen molar-refractivity contribution in [3.05, 3.63) is 33.9 Å². The van der Waals surface area contributed by atoms with Gasteiger partial charge in [-0.15, -0.1) is 0 Å². The second kappa shape index (κ2) is 5.23. The molecule has 7 heteroatoms. The van der Waals surface area contributed by atoms with E-state index in [-0.39, 0.29) is 24.2 Å². The summed E-state index contributed by atoms with van der Waals surface area (Å²) in [5.41, 5.74) is 1.05. The Kier molecular flexibility index (Phi) is 3.66. The molecule has 102 valence electrons. The number of aliphatic hydroxyl groups excluding tert-OH is 1. The molecule has 1 saturated heterocycles. The number of non-ortho nitro benzene ring substituents is 1. The number of nitrogens with zero attached hydrogens (tertiary/aromatic N) is 2. The third-order valence-corrected chi connectivity index (χ3v) is 3.25. The zero-order chi connectivity index (χ0) is 14.0. The van der Waals surface area contributed by atoms with E-state index < -0.39 is 4.92 Å². The number of hydrogen-bond donors (Lipinski definition) is 2. The average Bonchev–Trinajstić information content (AvgIpc) is 2.41. The molecule has 0 aliphatic carbocycles. The molecule has 0 bridgehead atoms. The van der Waals surface area contributed by atoms with Crippen LogP contribution in [0.3, 0.4) is 0 Å². The van der Waals surface area contributed by atoms with Crippen molar-refractivity contribution in [1.82, 2.24) is 5.32 Å². The van der Waals surface area contributed by atoms with Gasteiger partial charge in [0, 0.05) is 36.5 Å². The van der Waals surface area contributed by atoms with Crippen LogP contribution in [0.15, 0.2) is 18.2 Å². The normalized spacial score (nSPS) is 19.2. The number of hydrogen-bond acceptors (Lipinski definition) is 5. The van der Waals surface area contributed by atoms with Crippen molar-refractivity contribution in [3.63, 3.8) is 0 Å². The first-order valence-corrected chi connectivity index (χ1v) is 5.97. The Morgan fingerprint density at radius 2 is 2.32 bits per heavy atom. The van der Waals surface area contributed by atoms with Gasteiger partial charge in [-0.1, -0.05) is 0 Å². The molecule has 0 saturated carbocycles. The van der Waals surface area contributed by atoms with E-state index in [9.17, 15) is 20.0 Å². The number of amides is 1. The van der Waals surface area contributed by atoms with E-state index in [1.165, 1.54) is 12.1 Å². The van der Waals surface area contributed by atoms with Gasteiger partial charge in [0.15, 0.2) is 0 Å². The highest BCUT2D eigenvalue weighted by Gasteiger charge is 2.27. The highest BCUT2D eigenvalue weighted by atomic mass is 16.6. The number of carbonyl (C=O) groups is 1. The summed E-state index contributed by atoms with van der Waals surface area (Å²) < 4.78 is 0. The molecular formula is C12H15N3O4. The van der Waals surface area contributed by atoms with E-state index in [0.717, 1.165) is 0 Å². The maximum absolute atomic E-state index is 11.6. The molecule has 0 radical (unpaired) electrons. The lowest BCUT2D eigenvalue weighted by Gasteiger charge is -2.35. The predicted molar refractivity (Wildman–Crippen MR) is 68.8 cm³/mol. The van der Waals surface area contributed by atoms with Gasteiger partial charge in [0.25, 0.3) is 5.69 Å². The number of nitro benzene ring substituents is 1. The van der Waals surface area contributed by atoms with E-state index in [1.54, 1.807) is 13.0 Å². The molecular weight excluding hydrogens is 250 g/mol. The van der Waals surface area contributed by atoms with E-state index in [1.807, 2.05) is 4.90 Å². The standard InChI is InChI=1S/C12H15N3O4/c1-8-12(17)13-4-5-14(8)11-3-2-10(15(18)19)6-9(11)7-16/h2-3,6,8,16H,4-5,7H2,1H3,(H,13,17). The smallest absolute Gasteiger partial charge is 0.269 e. The maximum atomic E-state index is 11.6. The third kappa shape index (κ3) is 2.50. The minimum absolute atomic E-state index is 0.0677. The molecule has 19 heavy (non-hydrogen) atoms. The quantitative estimate of drug-likeness (QED) is 0.609. The summed E-state index contributed by atoms with van der Waals surface area (Å²) in [5.74, 6) is -0.0894. The lowest BCUT2D eigenvalue weighted by atomic mass is 10.1. The van der Waals surface area contributed by atoms with Crippen molar-refractivity contribution < 1.29 is 14.8 Å². The molecule has 1 fully saturated rings. The fourth-order valence-corrected chi connectivity index (χ4v) is 2.20. The van der Waals surface area contributed by atoms with Crippen LogP contribution in [0, 0.1) is 10.1 Å². The predicted octanol–water partition coefficient (Wildman–Crippen LogP) is 0.412. The first-order chi connectivity index (χ1) is 9.04. The number of nitro groups is 1. The van der Waals surface area contributed by atoms with Crippen LogP contribution in [0.1, 0.15) is 12.5 Å². The molecule has 1 aliphatic heterocycles. The van der Waals surface area contributed by atoms with Gasteiger partial charge in [-0.05, 0) is 13.0 Å². The van der Waals surface area contributed by atoms with E-state index in [4.69, 9.17) is 0 Å². The summed E-state index contributed by atoms with van der Waals surface area (Å²) in [7, 11) is 0. The molecule has 0 aromatic heterocycles. The summed E-state index contributed by atoms with van der Waals surface area (Å²) in [4.78, 5) is 23.7. The largest absolute Gasteiger partial charge is 0.392 e. The van der Waals surface area contributed by atoms with Crippen LogP contribution < -0.4 is 10.2 Å². The lowest BCUT2D eigenvalue weighted by Crippen LogP contribution is -2.54. The van der Waals surface area contributed by atoms with Crippen molar-refractivity contribution in [2.45, 2.75) is 19.6 Å². The number of benzene rings is 1. The van der Waals surface area contributed by atoms with Crippen molar-refractivity contribution in [3.8, 4) is 0 Å². The van der Waals surface area contributed by atoms with Gasteiger partial charge in [0.2, 0.25) is 5.91 Å². The fourth-order valence-electron chi connectivity index (χ4n) is 2.20. The van der Waals surface area contributed by atoms with Crippen LogP contribution in [-0.2, 0) is 11.4 Å². The average molecular weight is 265 g/mol. The maximum Gasteiger partial charge on any atom is 0.269 e. The Bertz CT molecular complexity index is 518. The van der Waals surface area contributed by atoms with Crippen LogP contribution in [0.4, 0.5) is 11.4 Å². The summed E-state index contributed by atoms with van der Waals surface area (Å²) in [6, 6.07) is 3.95. The Morgan fingerprint density at radius 3 is 2.95 bits per heavy atom. The van der Waals surface area contributed by atoms with E-state index in [2.05, 4.69) is 5.32 Å². The number of anilines is 1. The van der Waals surface area contributed by atoms with Crippen molar-refractivity contribution in [2.24, 2.45) is 0 Å². The number of carbonyl (C=O) groups excluding carboxylic acids is 1. The molecule has 1 aromatic carbocycles. The second-order valence-electron chi connectivity index (χ2n) is 4.39. The zero-order valence-electron chi connectivity index (χ0n) is 10.5. The number of aliphatic hydroxyl groups is 1. The van der Waals surface area contributed by atoms with Gasteiger partial charge in [0.1, 0.15) is 6.04 Å². The Hall–Kier alpha value is -2.15. The topological polar surface area (TPSA) is 95.7 Å². The number of rotatable bonds is 3. The molecule has 2 rings (SSSR count). The van der Waals surface area contributed by atoms with Crippen LogP contribution in [0.5, 0.6) is 0 Å². The van der Waals surface area contributed by atoms with Gasteiger partial charge < -0.3 is 15.3 Å². The molecule has 1 aliphatic rings.